The summed E-state index contributed by atoms with van der Waals surface area (Å²) in [7, 11) is 0. The van der Waals surface area contributed by atoms with Gasteiger partial charge in [-0.15, -0.1) is 0 Å². The van der Waals surface area contributed by atoms with E-state index in [-0.39, 0.29) is 35.7 Å². The van der Waals surface area contributed by atoms with E-state index in [9.17, 15) is 27.6 Å². The van der Waals surface area contributed by atoms with Crippen molar-refractivity contribution in [3.63, 3.8) is 0 Å². The molecule has 1 heterocycles. The first-order valence-electron chi connectivity index (χ1n) is 16.2. The maximum Gasteiger partial charge on any atom is 0.422 e. The molecule has 0 spiro atoms. The van der Waals surface area contributed by atoms with Gasteiger partial charge in [0.1, 0.15) is 11.4 Å². The molecule has 1 aliphatic carbocycles. The molecule has 0 bridgehead atoms. The van der Waals surface area contributed by atoms with E-state index in [0.29, 0.717) is 28.5 Å². The van der Waals surface area contributed by atoms with E-state index in [0.717, 1.165) is 18.4 Å². The number of nitrogens with one attached hydrogen (secondary N) is 5. The number of hydrogen-bond acceptors (Lipinski definition) is 11. The number of alkyl halides is 3. The van der Waals surface area contributed by atoms with Gasteiger partial charge in [0.15, 0.2) is 6.61 Å². The highest BCUT2D eigenvalue weighted by molar-refractivity contribution is 6.30. The molecule has 1 aromatic heterocycles. The second kappa shape index (κ2) is 14.5. The summed E-state index contributed by atoms with van der Waals surface area (Å²) in [5.74, 6) is -0.410. The van der Waals surface area contributed by atoms with E-state index in [1.165, 1.54) is 0 Å². The van der Waals surface area contributed by atoms with Gasteiger partial charge in [-0.05, 0) is 72.4 Å². The van der Waals surface area contributed by atoms with Gasteiger partial charge in [-0.3, -0.25) is 14.4 Å². The van der Waals surface area contributed by atoms with E-state index in [4.69, 9.17) is 16.3 Å². The summed E-state index contributed by atoms with van der Waals surface area (Å²) in [6.45, 7) is 2.75. The molecule has 0 radical (unpaired) electrons. The summed E-state index contributed by atoms with van der Waals surface area (Å²) in [5, 5.41) is 15.6. The molecule has 6 rings (SSSR count). The highest BCUT2D eigenvalue weighted by Crippen LogP contribution is 2.48. The Balaban J connectivity index is 1.07. The van der Waals surface area contributed by atoms with Crippen molar-refractivity contribution in [2.45, 2.75) is 38.4 Å². The first kappa shape index (κ1) is 36.1. The third-order valence-electron chi connectivity index (χ3n) is 8.31. The molecule has 4 aromatic carbocycles. The number of nitrogens with zero attached hydrogens (tertiary/aromatic N) is 3. The standard InChI is InChI=1S/C36H34ClF3N8O4/c1-34(2,18-41-26-27(29(50)28(26)49)43-24-6-4-3-5-7-24)19-42-30(51)21-8-14-25(15-9-21)44-31-45-32(47-33(46-31)52-20-36(38,39)40)48-35(16-17-35)22-10-12-23(37)13-11-22/h3-15,41,43H,16-20H2,1-2H3,(H,42,51)(H2,44,45,46,47,48). The van der Waals surface area contributed by atoms with E-state index >= 15 is 0 Å². The Hall–Kier alpha value is -5.70. The fourth-order valence-electron chi connectivity index (χ4n) is 5.26. The lowest BCUT2D eigenvalue weighted by atomic mass is 9.93. The van der Waals surface area contributed by atoms with Gasteiger partial charge in [-0.25, -0.2) is 0 Å². The summed E-state index contributed by atoms with van der Waals surface area (Å²) in [4.78, 5) is 49.9. The van der Waals surface area contributed by atoms with Crippen LogP contribution in [-0.2, 0) is 5.54 Å². The number of hydrogen-bond donors (Lipinski definition) is 5. The fourth-order valence-corrected chi connectivity index (χ4v) is 5.39. The van der Waals surface area contributed by atoms with Crippen molar-refractivity contribution in [3.8, 4) is 6.01 Å². The minimum absolute atomic E-state index is 0.0171. The van der Waals surface area contributed by atoms with Gasteiger partial charge in [0.05, 0.1) is 5.54 Å². The molecule has 0 aliphatic heterocycles. The molecule has 0 atom stereocenters. The summed E-state index contributed by atoms with van der Waals surface area (Å²) in [6, 6.07) is 22.0. The minimum Gasteiger partial charge on any atom is -0.454 e. The smallest absolute Gasteiger partial charge is 0.422 e. The monoisotopic (exact) mass is 734 g/mol. The Morgan fingerprint density at radius 2 is 1.44 bits per heavy atom. The number of anilines is 6. The Labute approximate surface area is 300 Å². The quantitative estimate of drug-likeness (QED) is 0.0746. The molecule has 5 aromatic rings. The molecule has 1 fully saturated rings. The van der Waals surface area contributed by atoms with Crippen LogP contribution >= 0.6 is 11.6 Å². The zero-order valence-electron chi connectivity index (χ0n) is 28.0. The van der Waals surface area contributed by atoms with Crippen LogP contribution in [0.5, 0.6) is 6.01 Å². The molecule has 0 unspecified atom stereocenters. The molecule has 0 saturated heterocycles. The van der Waals surface area contributed by atoms with Crippen LogP contribution in [0.3, 0.4) is 0 Å². The van der Waals surface area contributed by atoms with Crippen molar-refractivity contribution in [2.75, 3.05) is 41.0 Å². The van der Waals surface area contributed by atoms with E-state index in [1.54, 1.807) is 48.5 Å². The van der Waals surface area contributed by atoms with Gasteiger partial charge in [0, 0.05) is 35.1 Å². The Bertz CT molecular complexity index is 2120. The van der Waals surface area contributed by atoms with Crippen molar-refractivity contribution < 1.29 is 22.7 Å². The molecule has 5 N–H and O–H groups in total. The van der Waals surface area contributed by atoms with Crippen molar-refractivity contribution in [1.29, 1.82) is 0 Å². The molecule has 1 saturated carbocycles. The van der Waals surface area contributed by atoms with Crippen LogP contribution in [0.1, 0.15) is 42.6 Å². The van der Waals surface area contributed by atoms with E-state index in [2.05, 4.69) is 41.5 Å². The zero-order chi connectivity index (χ0) is 37.1. The van der Waals surface area contributed by atoms with Crippen LogP contribution in [-0.4, -0.2) is 46.7 Å². The fraction of sp³-hybridized carbons (Fsp3) is 0.278. The summed E-state index contributed by atoms with van der Waals surface area (Å²) < 4.78 is 43.7. The van der Waals surface area contributed by atoms with Crippen molar-refractivity contribution in [3.05, 3.63) is 115 Å². The van der Waals surface area contributed by atoms with Gasteiger partial charge in [0.2, 0.25) is 11.9 Å². The number of para-hydroxylation sites is 1. The number of halogens is 4. The van der Waals surface area contributed by atoms with Crippen LogP contribution in [0.25, 0.3) is 0 Å². The molecular formula is C36H34ClF3N8O4. The number of amides is 1. The Morgan fingerprint density at radius 1 is 0.808 bits per heavy atom. The lowest BCUT2D eigenvalue weighted by Gasteiger charge is -2.27. The molecule has 270 valence electrons. The second-order valence-electron chi connectivity index (χ2n) is 13.2. The first-order chi connectivity index (χ1) is 24.7. The van der Waals surface area contributed by atoms with Gasteiger partial charge in [0.25, 0.3) is 16.8 Å². The number of rotatable bonds is 15. The normalized spacial score (nSPS) is 13.7. The number of benzene rings is 3. The third kappa shape index (κ3) is 8.96. The third-order valence-corrected chi connectivity index (χ3v) is 8.56. The largest absolute Gasteiger partial charge is 0.454 e. The lowest BCUT2D eigenvalue weighted by molar-refractivity contribution is -0.154. The van der Waals surface area contributed by atoms with Crippen molar-refractivity contribution in [1.82, 2.24) is 20.3 Å². The molecule has 1 aliphatic rings. The van der Waals surface area contributed by atoms with Gasteiger partial charge < -0.3 is 31.3 Å². The summed E-state index contributed by atoms with van der Waals surface area (Å²) in [5.41, 5.74) is 0.563. The first-order valence-corrected chi connectivity index (χ1v) is 16.6. The number of carbonyl (C=O) groups is 1. The van der Waals surface area contributed by atoms with Crippen LogP contribution in [0.4, 0.5) is 47.8 Å². The highest BCUT2D eigenvalue weighted by atomic mass is 35.5. The van der Waals surface area contributed by atoms with Crippen LogP contribution < -0.4 is 42.2 Å². The topological polar surface area (TPSA) is 159 Å². The second-order valence-corrected chi connectivity index (χ2v) is 13.6. The number of carbonyl (C=O) groups excluding carboxylic acids is 1. The van der Waals surface area contributed by atoms with Gasteiger partial charge in [-0.2, -0.15) is 28.1 Å². The minimum atomic E-state index is -4.60. The lowest BCUT2D eigenvalue weighted by Crippen LogP contribution is -2.41. The Morgan fingerprint density at radius 3 is 2.10 bits per heavy atom. The summed E-state index contributed by atoms with van der Waals surface area (Å²) >= 11 is 6.04. The van der Waals surface area contributed by atoms with Crippen LogP contribution in [0.15, 0.2) is 88.5 Å². The predicted molar refractivity (Wildman–Crippen MR) is 193 cm³/mol. The van der Waals surface area contributed by atoms with Gasteiger partial charge >= 0.3 is 12.2 Å². The Kier molecular flexibility index (Phi) is 10.1. The van der Waals surface area contributed by atoms with Gasteiger partial charge in [-0.1, -0.05) is 55.8 Å². The molecule has 52 heavy (non-hydrogen) atoms. The maximum atomic E-state index is 13.0. The average molecular weight is 735 g/mol. The zero-order valence-corrected chi connectivity index (χ0v) is 28.8. The van der Waals surface area contributed by atoms with Crippen LogP contribution in [0.2, 0.25) is 5.02 Å². The van der Waals surface area contributed by atoms with Crippen LogP contribution in [0, 0.1) is 5.41 Å². The van der Waals surface area contributed by atoms with E-state index < -0.39 is 40.6 Å². The number of ether oxygens (including phenoxy) is 1. The van der Waals surface area contributed by atoms with E-state index in [1.807, 2.05) is 44.2 Å². The SMILES string of the molecule is CC(C)(CNC(=O)c1ccc(Nc2nc(NC3(c4ccc(Cl)cc4)CC3)nc(OCC(F)(F)F)n2)cc1)CNc1c(Nc2ccccc2)c(=O)c1=O. The highest BCUT2D eigenvalue weighted by Gasteiger charge is 2.45. The number of aromatic nitrogens is 3. The average Bonchev–Trinajstić information content (AvgIpc) is 3.90. The maximum absolute atomic E-state index is 13.0. The molecule has 16 heteroatoms. The van der Waals surface area contributed by atoms with Crippen molar-refractivity contribution >= 4 is 52.2 Å². The molecule has 1 amide bonds. The molecule has 12 nitrogen and oxygen atoms in total. The summed E-state index contributed by atoms with van der Waals surface area (Å²) in [6.07, 6.45) is -3.12. The van der Waals surface area contributed by atoms with Crippen molar-refractivity contribution in [2.24, 2.45) is 5.41 Å². The predicted octanol–water partition coefficient (Wildman–Crippen LogP) is 6.52. The molecular weight excluding hydrogens is 701 g/mol.